The van der Waals surface area contributed by atoms with E-state index in [9.17, 15) is 8.42 Å². The zero-order chi connectivity index (χ0) is 14.6. The van der Waals surface area contributed by atoms with Gasteiger partial charge in [0.2, 0.25) is 10.0 Å². The maximum atomic E-state index is 11.2. The monoisotopic (exact) mass is 284 g/mol. The Kier molecular flexibility index (Phi) is 5.52. The summed E-state index contributed by atoms with van der Waals surface area (Å²) in [4.78, 5) is 0.162. The molecule has 0 aliphatic rings. The summed E-state index contributed by atoms with van der Waals surface area (Å²) in [6, 6.07) is 7.22. The van der Waals surface area contributed by atoms with Crippen molar-refractivity contribution in [2.24, 2.45) is 11.1 Å². The number of hydrogen-bond acceptors (Lipinski definition) is 3. The Hall–Kier alpha value is -0.910. The highest BCUT2D eigenvalue weighted by atomic mass is 32.2. The van der Waals surface area contributed by atoms with Crippen LogP contribution in [-0.2, 0) is 10.0 Å². The molecule has 2 unspecified atom stereocenters. The summed E-state index contributed by atoms with van der Waals surface area (Å²) in [6.45, 7) is 9.50. The van der Waals surface area contributed by atoms with Gasteiger partial charge in [-0.2, -0.15) is 0 Å². The fourth-order valence-corrected chi connectivity index (χ4v) is 3.10. The van der Waals surface area contributed by atoms with Crippen LogP contribution in [0.1, 0.15) is 39.2 Å². The lowest BCUT2D eigenvalue weighted by atomic mass is 9.83. The molecule has 0 aromatic heterocycles. The van der Waals surface area contributed by atoms with Gasteiger partial charge in [0.15, 0.2) is 0 Å². The van der Waals surface area contributed by atoms with Crippen molar-refractivity contribution in [3.05, 3.63) is 29.8 Å². The van der Waals surface area contributed by atoms with Gasteiger partial charge in [0.1, 0.15) is 0 Å². The third kappa shape index (κ3) is 4.30. The highest BCUT2D eigenvalue weighted by Gasteiger charge is 2.22. The van der Waals surface area contributed by atoms with E-state index in [4.69, 9.17) is 5.14 Å². The summed E-state index contributed by atoms with van der Waals surface area (Å²) < 4.78 is 22.5. The molecule has 2 atom stereocenters. The summed E-state index contributed by atoms with van der Waals surface area (Å²) in [5.74, 6) is 0.809. The molecule has 19 heavy (non-hydrogen) atoms. The van der Waals surface area contributed by atoms with Crippen molar-refractivity contribution in [2.75, 3.05) is 6.54 Å². The zero-order valence-corrected chi connectivity index (χ0v) is 12.9. The molecule has 1 rings (SSSR count). The van der Waals surface area contributed by atoms with Gasteiger partial charge in [-0.15, -0.1) is 0 Å². The van der Waals surface area contributed by atoms with Crippen LogP contribution in [0.4, 0.5) is 0 Å². The van der Waals surface area contributed by atoms with Crippen LogP contribution >= 0.6 is 0 Å². The molecular weight excluding hydrogens is 260 g/mol. The lowest BCUT2D eigenvalue weighted by Gasteiger charge is -2.28. The number of likely N-dealkylation sites (N-methyl/N-ethyl adjacent to an activating group) is 1. The normalized spacial score (nSPS) is 15.5. The molecule has 1 aromatic carbocycles. The second kappa shape index (κ2) is 6.50. The van der Waals surface area contributed by atoms with E-state index >= 15 is 0 Å². The number of sulfonamides is 1. The number of primary sulfonamides is 1. The Labute approximate surface area is 116 Å². The molecule has 4 nitrogen and oxygen atoms in total. The van der Waals surface area contributed by atoms with Gasteiger partial charge in [0.05, 0.1) is 4.90 Å². The molecule has 0 spiro atoms. The SMILES string of the molecule is CCNC(C)C(c1ccc(S(N)(=O)=O)cc1)C(C)C. The van der Waals surface area contributed by atoms with Crippen molar-refractivity contribution in [3.8, 4) is 0 Å². The van der Waals surface area contributed by atoms with Crippen molar-refractivity contribution in [2.45, 2.75) is 44.6 Å². The Bertz CT molecular complexity index is 495. The molecule has 0 fully saturated rings. The predicted molar refractivity (Wildman–Crippen MR) is 78.5 cm³/mol. The summed E-state index contributed by atoms with van der Waals surface area (Å²) in [5, 5.41) is 8.54. The molecule has 1 aromatic rings. The minimum absolute atomic E-state index is 0.162. The fourth-order valence-electron chi connectivity index (χ4n) is 2.58. The van der Waals surface area contributed by atoms with Gasteiger partial charge < -0.3 is 5.32 Å². The zero-order valence-electron chi connectivity index (χ0n) is 12.1. The maximum Gasteiger partial charge on any atom is 0.238 e. The maximum absolute atomic E-state index is 11.2. The Balaban J connectivity index is 3.05. The molecule has 0 saturated carbocycles. The first kappa shape index (κ1) is 16.1. The highest BCUT2D eigenvalue weighted by molar-refractivity contribution is 7.89. The van der Waals surface area contributed by atoms with E-state index in [2.05, 4.69) is 33.0 Å². The minimum Gasteiger partial charge on any atom is -0.314 e. The van der Waals surface area contributed by atoms with Gasteiger partial charge in [-0.3, -0.25) is 0 Å². The van der Waals surface area contributed by atoms with Crippen LogP contribution in [0.5, 0.6) is 0 Å². The summed E-state index contributed by atoms with van der Waals surface area (Å²) in [5.41, 5.74) is 1.14. The Morgan fingerprint density at radius 1 is 1.16 bits per heavy atom. The number of nitrogens with one attached hydrogen (secondary N) is 1. The Morgan fingerprint density at radius 2 is 1.68 bits per heavy atom. The van der Waals surface area contributed by atoms with Crippen molar-refractivity contribution < 1.29 is 8.42 Å². The molecule has 3 N–H and O–H groups in total. The van der Waals surface area contributed by atoms with Gasteiger partial charge in [0.25, 0.3) is 0 Å². The van der Waals surface area contributed by atoms with Crippen molar-refractivity contribution >= 4 is 10.0 Å². The van der Waals surface area contributed by atoms with Crippen LogP contribution in [0.15, 0.2) is 29.2 Å². The smallest absolute Gasteiger partial charge is 0.238 e. The molecule has 5 heteroatoms. The van der Waals surface area contributed by atoms with Gasteiger partial charge in [-0.25, -0.2) is 13.6 Å². The molecule has 0 radical (unpaired) electrons. The number of hydrogen-bond donors (Lipinski definition) is 2. The third-order valence-corrected chi connectivity index (χ3v) is 4.31. The lowest BCUT2D eigenvalue weighted by Crippen LogP contribution is -2.34. The van der Waals surface area contributed by atoms with Crippen molar-refractivity contribution in [1.29, 1.82) is 0 Å². The largest absolute Gasteiger partial charge is 0.314 e. The van der Waals surface area contributed by atoms with E-state index in [-0.39, 0.29) is 4.90 Å². The van der Waals surface area contributed by atoms with E-state index < -0.39 is 10.0 Å². The first-order valence-corrected chi connectivity index (χ1v) is 8.18. The number of nitrogens with two attached hydrogens (primary N) is 1. The lowest BCUT2D eigenvalue weighted by molar-refractivity contribution is 0.383. The number of rotatable bonds is 6. The summed E-state index contributed by atoms with van der Waals surface area (Å²) in [6.07, 6.45) is 0. The van der Waals surface area contributed by atoms with Crippen LogP contribution in [0, 0.1) is 5.92 Å². The predicted octanol–water partition coefficient (Wildman–Crippen LogP) is 2.07. The second-order valence-electron chi connectivity index (χ2n) is 5.23. The van der Waals surface area contributed by atoms with E-state index in [0.29, 0.717) is 17.9 Å². The minimum atomic E-state index is -3.61. The van der Waals surface area contributed by atoms with Gasteiger partial charge in [-0.1, -0.05) is 32.9 Å². The van der Waals surface area contributed by atoms with Crippen LogP contribution in [0.2, 0.25) is 0 Å². The fraction of sp³-hybridized carbons (Fsp3) is 0.571. The quantitative estimate of drug-likeness (QED) is 0.840. The van der Waals surface area contributed by atoms with Crippen molar-refractivity contribution in [1.82, 2.24) is 5.32 Å². The Morgan fingerprint density at radius 3 is 2.05 bits per heavy atom. The third-order valence-electron chi connectivity index (χ3n) is 3.38. The molecule has 0 saturated heterocycles. The molecule has 0 aliphatic heterocycles. The van der Waals surface area contributed by atoms with Crippen LogP contribution < -0.4 is 10.5 Å². The van der Waals surface area contributed by atoms with Crippen molar-refractivity contribution in [3.63, 3.8) is 0 Å². The first-order valence-electron chi connectivity index (χ1n) is 6.63. The second-order valence-corrected chi connectivity index (χ2v) is 6.79. The molecular formula is C14H24N2O2S. The van der Waals surface area contributed by atoms with E-state index in [1.165, 1.54) is 0 Å². The van der Waals surface area contributed by atoms with E-state index in [1.54, 1.807) is 12.1 Å². The van der Waals surface area contributed by atoms with Crippen LogP contribution in [0.25, 0.3) is 0 Å². The summed E-state index contributed by atoms with van der Waals surface area (Å²) in [7, 11) is -3.61. The van der Waals surface area contributed by atoms with Gasteiger partial charge in [0, 0.05) is 12.0 Å². The molecule has 0 heterocycles. The van der Waals surface area contributed by atoms with E-state index in [0.717, 1.165) is 12.1 Å². The molecule has 0 amide bonds. The van der Waals surface area contributed by atoms with E-state index in [1.807, 2.05) is 12.1 Å². The standard InChI is InChI=1S/C14H24N2O2S/c1-5-16-11(4)14(10(2)3)12-6-8-13(9-7-12)19(15,17)18/h6-11,14,16H,5H2,1-4H3,(H2,15,17,18). The molecule has 0 bridgehead atoms. The number of benzene rings is 1. The van der Waals surface area contributed by atoms with Crippen LogP contribution in [0.3, 0.4) is 0 Å². The molecule has 0 aliphatic carbocycles. The highest BCUT2D eigenvalue weighted by Crippen LogP contribution is 2.28. The average molecular weight is 284 g/mol. The van der Waals surface area contributed by atoms with Gasteiger partial charge in [-0.05, 0) is 37.1 Å². The average Bonchev–Trinajstić information content (AvgIpc) is 2.28. The first-order chi connectivity index (χ1) is 8.77. The van der Waals surface area contributed by atoms with Crippen LogP contribution in [-0.4, -0.2) is 21.0 Å². The molecule has 108 valence electrons. The van der Waals surface area contributed by atoms with Gasteiger partial charge >= 0.3 is 0 Å². The topological polar surface area (TPSA) is 72.2 Å². The summed E-state index contributed by atoms with van der Waals surface area (Å²) >= 11 is 0.